The maximum atomic E-state index is 14.4. The molecule has 0 bridgehead atoms. The van der Waals surface area contributed by atoms with Crippen LogP contribution in [0.3, 0.4) is 0 Å². The highest BCUT2D eigenvalue weighted by atomic mass is 19.3. The van der Waals surface area contributed by atoms with Crippen molar-refractivity contribution in [3.8, 4) is 11.5 Å². The second-order valence-electron chi connectivity index (χ2n) is 7.84. The summed E-state index contributed by atoms with van der Waals surface area (Å²) in [5, 5.41) is 10.00. The molecule has 0 amide bonds. The van der Waals surface area contributed by atoms with E-state index in [1.807, 2.05) is 13.0 Å². The number of fused-ring (bicyclic) bond motifs is 5. The summed E-state index contributed by atoms with van der Waals surface area (Å²) < 4.78 is 34.1. The Bertz CT molecular complexity index is 643. The molecule has 2 fully saturated rings. The lowest BCUT2D eigenvalue weighted by Crippen LogP contribution is -2.46. The first-order valence-corrected chi connectivity index (χ1v) is 8.65. The largest absolute Gasteiger partial charge is 0.504 e. The monoisotopic (exact) mass is 322 g/mol. The highest BCUT2D eigenvalue weighted by molar-refractivity contribution is 5.49. The molecule has 0 unspecified atom stereocenters. The predicted octanol–water partition coefficient (Wildman–Crippen LogP) is 4.89. The number of aryl methyl sites for hydroxylation is 1. The van der Waals surface area contributed by atoms with Crippen LogP contribution in [-0.2, 0) is 6.42 Å². The summed E-state index contributed by atoms with van der Waals surface area (Å²) in [5.41, 5.74) is 1.55. The smallest absolute Gasteiger partial charge is 0.253 e. The van der Waals surface area contributed by atoms with Crippen LogP contribution in [0.1, 0.15) is 56.1 Å². The van der Waals surface area contributed by atoms with Gasteiger partial charge in [0, 0.05) is 11.8 Å². The molecule has 23 heavy (non-hydrogen) atoms. The van der Waals surface area contributed by atoms with Crippen LogP contribution >= 0.6 is 0 Å². The Kier molecular flexibility index (Phi) is 3.20. The van der Waals surface area contributed by atoms with Gasteiger partial charge in [0.05, 0.1) is 7.11 Å². The lowest BCUT2D eigenvalue weighted by Gasteiger charge is -2.50. The lowest BCUT2D eigenvalue weighted by molar-refractivity contribution is -0.132. The van der Waals surface area contributed by atoms with Crippen molar-refractivity contribution in [1.29, 1.82) is 0 Å². The number of halogens is 2. The number of phenols is 1. The van der Waals surface area contributed by atoms with Crippen LogP contribution in [0, 0.1) is 17.3 Å². The zero-order valence-corrected chi connectivity index (χ0v) is 13.7. The van der Waals surface area contributed by atoms with E-state index in [9.17, 15) is 13.9 Å². The molecule has 2 saturated carbocycles. The van der Waals surface area contributed by atoms with Gasteiger partial charge in [0.25, 0.3) is 5.92 Å². The third-order valence-electron chi connectivity index (χ3n) is 7.02. The van der Waals surface area contributed by atoms with Gasteiger partial charge in [-0.15, -0.1) is 0 Å². The van der Waals surface area contributed by atoms with Crippen LogP contribution < -0.4 is 4.74 Å². The molecule has 0 saturated heterocycles. The molecule has 1 aromatic carbocycles. The minimum atomic E-state index is -2.52. The van der Waals surface area contributed by atoms with Crippen LogP contribution in [0.25, 0.3) is 0 Å². The second kappa shape index (κ2) is 4.84. The van der Waals surface area contributed by atoms with E-state index in [4.69, 9.17) is 4.74 Å². The van der Waals surface area contributed by atoms with Gasteiger partial charge in [0.1, 0.15) is 0 Å². The molecule has 3 aliphatic carbocycles. The number of phenolic OH excluding ortho intramolecular Hbond substituents is 1. The first kappa shape index (κ1) is 15.2. The van der Waals surface area contributed by atoms with E-state index in [1.54, 1.807) is 13.2 Å². The third kappa shape index (κ3) is 1.96. The van der Waals surface area contributed by atoms with Crippen LogP contribution in [-0.4, -0.2) is 18.1 Å². The Hall–Kier alpha value is -1.32. The fraction of sp³-hybridized carbons (Fsp3) is 0.684. The Morgan fingerprint density at radius 3 is 2.70 bits per heavy atom. The van der Waals surface area contributed by atoms with Crippen molar-refractivity contribution in [3.05, 3.63) is 23.3 Å². The molecule has 2 nitrogen and oxygen atoms in total. The van der Waals surface area contributed by atoms with Gasteiger partial charge in [-0.3, -0.25) is 0 Å². The molecule has 4 heteroatoms. The van der Waals surface area contributed by atoms with Crippen molar-refractivity contribution in [3.63, 3.8) is 0 Å². The number of ether oxygens (including phenoxy) is 1. The molecule has 4 rings (SSSR count). The molecule has 126 valence electrons. The maximum absolute atomic E-state index is 14.4. The molecule has 0 aliphatic heterocycles. The van der Waals surface area contributed by atoms with Crippen LogP contribution in [0.15, 0.2) is 12.1 Å². The fourth-order valence-corrected chi connectivity index (χ4v) is 5.68. The van der Waals surface area contributed by atoms with E-state index in [2.05, 4.69) is 0 Å². The summed E-state index contributed by atoms with van der Waals surface area (Å²) in [5.74, 6) is -1.06. The van der Waals surface area contributed by atoms with Crippen molar-refractivity contribution < 1.29 is 18.6 Å². The molecule has 4 atom stereocenters. The van der Waals surface area contributed by atoms with Gasteiger partial charge < -0.3 is 9.84 Å². The topological polar surface area (TPSA) is 29.5 Å². The number of hydrogen-bond donors (Lipinski definition) is 1. The van der Waals surface area contributed by atoms with Crippen LogP contribution in [0.4, 0.5) is 8.78 Å². The number of hydrogen-bond acceptors (Lipinski definition) is 2. The highest BCUT2D eigenvalue weighted by Gasteiger charge is 2.63. The zero-order valence-electron chi connectivity index (χ0n) is 13.7. The number of methoxy groups -OCH3 is 1. The minimum Gasteiger partial charge on any atom is -0.504 e. The van der Waals surface area contributed by atoms with E-state index >= 15 is 0 Å². The third-order valence-corrected chi connectivity index (χ3v) is 7.02. The van der Waals surface area contributed by atoms with E-state index in [1.165, 1.54) is 5.56 Å². The summed E-state index contributed by atoms with van der Waals surface area (Å²) in [6.45, 7) is 1.81. The van der Waals surface area contributed by atoms with E-state index in [-0.39, 0.29) is 18.1 Å². The number of rotatable bonds is 1. The standard InChI is InChI=1S/C19H24F2O2/c1-18-7-5-12-13(15(18)6-8-19(18,20)21)4-3-11-9-16(22)17(23-2)10-14(11)12/h9-10,12-13,15,22H,3-8H2,1-2H3/t12-,13+,15-,18-/m0/s1. The van der Waals surface area contributed by atoms with Crippen molar-refractivity contribution >= 4 is 0 Å². The second-order valence-corrected chi connectivity index (χ2v) is 7.84. The van der Waals surface area contributed by atoms with Crippen LogP contribution in [0.5, 0.6) is 11.5 Å². The Morgan fingerprint density at radius 2 is 1.96 bits per heavy atom. The molecular formula is C19H24F2O2. The average molecular weight is 322 g/mol. The van der Waals surface area contributed by atoms with E-state index < -0.39 is 11.3 Å². The molecule has 0 radical (unpaired) electrons. The Morgan fingerprint density at radius 1 is 1.17 bits per heavy atom. The molecule has 0 aromatic heterocycles. The maximum Gasteiger partial charge on any atom is 0.253 e. The van der Waals surface area contributed by atoms with Gasteiger partial charge in [-0.2, -0.15) is 0 Å². The van der Waals surface area contributed by atoms with Crippen LogP contribution in [0.2, 0.25) is 0 Å². The number of aromatic hydroxyl groups is 1. The van der Waals surface area contributed by atoms with E-state index in [0.717, 1.165) is 24.8 Å². The predicted molar refractivity (Wildman–Crippen MR) is 84.2 cm³/mol. The zero-order chi connectivity index (χ0) is 16.4. The fourth-order valence-electron chi connectivity index (χ4n) is 5.68. The summed E-state index contributed by atoms with van der Waals surface area (Å²) >= 11 is 0. The normalized spacial score (nSPS) is 37.7. The van der Waals surface area contributed by atoms with Gasteiger partial charge >= 0.3 is 0 Å². The molecule has 3 aliphatic rings. The number of benzene rings is 1. The first-order chi connectivity index (χ1) is 10.9. The van der Waals surface area contributed by atoms with E-state index in [0.29, 0.717) is 30.4 Å². The van der Waals surface area contributed by atoms with Gasteiger partial charge in [-0.25, -0.2) is 8.78 Å². The molecular weight excluding hydrogens is 298 g/mol. The van der Waals surface area contributed by atoms with Crippen molar-refractivity contribution in [2.75, 3.05) is 7.11 Å². The summed E-state index contributed by atoms with van der Waals surface area (Å²) in [6, 6.07) is 3.75. The molecule has 0 heterocycles. The summed E-state index contributed by atoms with van der Waals surface area (Å²) in [7, 11) is 1.55. The Labute approximate surface area is 135 Å². The SMILES string of the molecule is COc1cc2c(cc1O)CC[C@@H]1[C@@H]2CC[C@@]2(C)[C@H]1CCC2(F)F. The highest BCUT2D eigenvalue weighted by Crippen LogP contribution is 2.66. The number of alkyl halides is 2. The Balaban J connectivity index is 1.73. The molecule has 1 aromatic rings. The summed E-state index contributed by atoms with van der Waals surface area (Å²) in [4.78, 5) is 0. The van der Waals surface area contributed by atoms with Crippen molar-refractivity contribution in [2.45, 2.75) is 57.3 Å². The lowest BCUT2D eigenvalue weighted by atomic mass is 9.55. The van der Waals surface area contributed by atoms with Crippen molar-refractivity contribution in [2.24, 2.45) is 17.3 Å². The van der Waals surface area contributed by atoms with Crippen molar-refractivity contribution in [1.82, 2.24) is 0 Å². The first-order valence-electron chi connectivity index (χ1n) is 8.65. The van der Waals surface area contributed by atoms with Gasteiger partial charge in [-0.05, 0) is 73.1 Å². The molecule has 0 spiro atoms. The van der Waals surface area contributed by atoms with Gasteiger partial charge in [0.2, 0.25) is 0 Å². The molecule has 1 N–H and O–H groups in total. The van der Waals surface area contributed by atoms with Gasteiger partial charge in [-0.1, -0.05) is 6.92 Å². The average Bonchev–Trinajstić information content (AvgIpc) is 2.76. The minimum absolute atomic E-state index is 0.0448. The van der Waals surface area contributed by atoms with Gasteiger partial charge in [0.15, 0.2) is 11.5 Å². The summed E-state index contributed by atoms with van der Waals surface area (Å²) in [6.07, 6.45) is 3.92. The quantitative estimate of drug-likeness (QED) is 0.797.